The largest absolute Gasteiger partial charge is 0.508 e. The van der Waals surface area contributed by atoms with E-state index in [0.29, 0.717) is 16.9 Å². The van der Waals surface area contributed by atoms with Gasteiger partial charge in [0.15, 0.2) is 0 Å². The van der Waals surface area contributed by atoms with E-state index in [1.165, 1.54) is 27.8 Å². The molecule has 0 atom stereocenters. The predicted molar refractivity (Wildman–Crippen MR) is 259 cm³/mol. The highest BCUT2D eigenvalue weighted by molar-refractivity contribution is 5.77. The molecule has 0 aromatic heterocycles. The molecule has 6 heteroatoms. The fourth-order valence-electron chi connectivity index (χ4n) is 7.64. The summed E-state index contributed by atoms with van der Waals surface area (Å²) in [5, 5.41) is 60.5. The number of aryl methyl sites for hydroxylation is 6. The molecule has 6 aromatic rings. The molecule has 6 aromatic carbocycles. The maximum absolute atomic E-state index is 10.2. The molecule has 330 valence electrons. The highest BCUT2D eigenvalue weighted by Crippen LogP contribution is 2.39. The third kappa shape index (κ3) is 14.1. The highest BCUT2D eigenvalue weighted by atomic mass is 16.3. The molecule has 0 aliphatic rings. The lowest BCUT2D eigenvalue weighted by molar-refractivity contribution is 0.467. The Morgan fingerprint density at radius 3 is 0.887 bits per heavy atom. The smallest absolute Gasteiger partial charge is 0.123 e. The Morgan fingerprint density at radius 2 is 0.565 bits per heavy atom. The van der Waals surface area contributed by atoms with Crippen molar-refractivity contribution in [2.75, 3.05) is 0 Å². The molecule has 0 saturated heterocycles. The molecular weight excluding hydrogens is 769 g/mol. The van der Waals surface area contributed by atoms with E-state index < -0.39 is 0 Å². The Morgan fingerprint density at radius 1 is 0.274 bits per heavy atom. The maximum atomic E-state index is 10.2. The fourth-order valence-corrected chi connectivity index (χ4v) is 7.64. The molecule has 0 radical (unpaired) electrons. The molecule has 6 rings (SSSR count). The fraction of sp³-hybridized carbons (Fsp3) is 0.357. The van der Waals surface area contributed by atoms with Crippen molar-refractivity contribution in [1.82, 2.24) is 0 Å². The zero-order chi connectivity index (χ0) is 45.0. The Kier molecular flexibility index (Phi) is 19.8. The van der Waals surface area contributed by atoms with Gasteiger partial charge in [0.25, 0.3) is 0 Å². The summed E-state index contributed by atoms with van der Waals surface area (Å²) in [5.41, 5.74) is 11.6. The topological polar surface area (TPSA) is 121 Å². The van der Waals surface area contributed by atoms with E-state index in [9.17, 15) is 30.6 Å². The van der Waals surface area contributed by atoms with Crippen molar-refractivity contribution in [3.63, 3.8) is 0 Å². The van der Waals surface area contributed by atoms with Gasteiger partial charge in [-0.3, -0.25) is 0 Å². The first-order valence-electron chi connectivity index (χ1n) is 22.9. The first-order chi connectivity index (χ1) is 30.0. The average molecular weight is 839 g/mol. The van der Waals surface area contributed by atoms with Gasteiger partial charge in [0, 0.05) is 27.8 Å². The summed E-state index contributed by atoms with van der Waals surface area (Å²) in [6.07, 6.45) is 14.5. The number of phenols is 6. The van der Waals surface area contributed by atoms with Gasteiger partial charge >= 0.3 is 0 Å². The molecule has 0 unspecified atom stereocenters. The van der Waals surface area contributed by atoms with Crippen LogP contribution in [-0.4, -0.2) is 30.6 Å². The Bertz CT molecular complexity index is 2200. The van der Waals surface area contributed by atoms with Crippen LogP contribution in [0.5, 0.6) is 34.5 Å². The van der Waals surface area contributed by atoms with E-state index in [2.05, 4.69) is 41.5 Å². The third-order valence-electron chi connectivity index (χ3n) is 11.0. The molecule has 0 aliphatic heterocycles. The second-order valence-corrected chi connectivity index (χ2v) is 16.3. The number of benzene rings is 6. The van der Waals surface area contributed by atoms with Crippen LogP contribution in [0, 0.1) is 0 Å². The normalized spacial score (nSPS) is 10.7. The van der Waals surface area contributed by atoms with Crippen LogP contribution in [0.15, 0.2) is 109 Å². The molecule has 0 aliphatic carbocycles. The van der Waals surface area contributed by atoms with Gasteiger partial charge in [0.1, 0.15) is 34.5 Å². The molecule has 0 bridgehead atoms. The van der Waals surface area contributed by atoms with Crippen molar-refractivity contribution in [2.45, 2.75) is 131 Å². The lowest BCUT2D eigenvalue weighted by atomic mass is 9.96. The van der Waals surface area contributed by atoms with Crippen molar-refractivity contribution >= 4 is 0 Å². The molecule has 6 N–H and O–H groups in total. The maximum Gasteiger partial charge on any atom is 0.123 e. The van der Waals surface area contributed by atoms with Crippen molar-refractivity contribution in [3.8, 4) is 67.9 Å². The van der Waals surface area contributed by atoms with E-state index in [1.54, 1.807) is 36.4 Å². The first kappa shape index (κ1) is 48.8. The molecule has 6 nitrogen and oxygen atoms in total. The number of hydrogen-bond acceptors (Lipinski definition) is 6. The van der Waals surface area contributed by atoms with E-state index in [0.717, 1.165) is 118 Å². The number of aromatic hydroxyl groups is 6. The van der Waals surface area contributed by atoms with Crippen LogP contribution in [0.3, 0.4) is 0 Å². The van der Waals surface area contributed by atoms with Crippen molar-refractivity contribution in [2.24, 2.45) is 0 Å². The molecule has 0 fully saturated rings. The van der Waals surface area contributed by atoms with Gasteiger partial charge in [-0.25, -0.2) is 0 Å². The summed E-state index contributed by atoms with van der Waals surface area (Å²) >= 11 is 0. The van der Waals surface area contributed by atoms with Gasteiger partial charge in [-0.1, -0.05) is 116 Å². The molecule has 0 heterocycles. The predicted octanol–water partition coefficient (Wildman–Crippen LogP) is 14.8. The van der Waals surface area contributed by atoms with E-state index in [4.69, 9.17) is 0 Å². The molecule has 0 saturated carbocycles. The molecule has 62 heavy (non-hydrogen) atoms. The van der Waals surface area contributed by atoms with Crippen molar-refractivity contribution in [1.29, 1.82) is 0 Å². The Hall–Kier alpha value is -5.88. The average Bonchev–Trinajstić information content (AvgIpc) is 3.27. The molecule has 0 spiro atoms. The van der Waals surface area contributed by atoms with Crippen LogP contribution in [0.2, 0.25) is 0 Å². The molecular formula is C56H70O6. The SMILES string of the molecule is CCCCc1ccc(O)c(-c2cc(CCCC)ccc2O)c1.CCCc1ccc(O)c(-c2cc(CCC)ccc2O)c1.CCCc1ccc(O)c(-c2ccc(O)c(CCC)c2)c1. The number of hydrogen-bond donors (Lipinski definition) is 6. The monoisotopic (exact) mass is 839 g/mol. The minimum atomic E-state index is 0.216. The lowest BCUT2D eigenvalue weighted by Crippen LogP contribution is -1.90. The van der Waals surface area contributed by atoms with Crippen LogP contribution in [-0.2, 0) is 38.5 Å². The number of rotatable bonds is 17. The standard InChI is InChI=1S/C20H26O2.2C18H22O2/c1-3-5-7-15-9-11-19(21)17(13-15)18-14-16(8-6-4-2)10-12-20(18)22;1-3-5-13-7-9-18(20)16(11-13)14-8-10-17(19)15(12-14)6-4-2;1-3-5-13-7-9-17(19)15(11-13)16-12-14(6-4-2)8-10-18(16)20/h9-14,21-22H,3-8H2,1-2H3;2*7-12,19-20H,3-6H2,1-2H3. The quantitative estimate of drug-likeness (QED) is 0.0544. The van der Waals surface area contributed by atoms with Gasteiger partial charge in [0.05, 0.1) is 0 Å². The number of unbranched alkanes of at least 4 members (excludes halogenated alkanes) is 2. The summed E-state index contributed by atoms with van der Waals surface area (Å²) in [6, 6.07) is 34.0. The van der Waals surface area contributed by atoms with Crippen LogP contribution in [0.4, 0.5) is 0 Å². The van der Waals surface area contributed by atoms with Crippen molar-refractivity contribution < 1.29 is 30.6 Å². The minimum Gasteiger partial charge on any atom is -0.508 e. The third-order valence-corrected chi connectivity index (χ3v) is 11.0. The van der Waals surface area contributed by atoms with Gasteiger partial charge in [-0.2, -0.15) is 0 Å². The first-order valence-corrected chi connectivity index (χ1v) is 22.9. The van der Waals surface area contributed by atoms with Gasteiger partial charge in [-0.15, -0.1) is 0 Å². The highest BCUT2D eigenvalue weighted by Gasteiger charge is 2.13. The minimum absolute atomic E-state index is 0.216. The second kappa shape index (κ2) is 25.2. The van der Waals surface area contributed by atoms with Crippen LogP contribution >= 0.6 is 0 Å². The van der Waals surface area contributed by atoms with E-state index >= 15 is 0 Å². The van der Waals surface area contributed by atoms with Gasteiger partial charge in [0.2, 0.25) is 0 Å². The summed E-state index contributed by atoms with van der Waals surface area (Å²) in [5.74, 6) is 1.51. The summed E-state index contributed by atoms with van der Waals surface area (Å²) < 4.78 is 0. The lowest BCUT2D eigenvalue weighted by Gasteiger charge is -2.11. The zero-order valence-corrected chi connectivity index (χ0v) is 38.0. The van der Waals surface area contributed by atoms with Crippen molar-refractivity contribution in [3.05, 3.63) is 143 Å². The summed E-state index contributed by atoms with van der Waals surface area (Å²) in [7, 11) is 0. The zero-order valence-electron chi connectivity index (χ0n) is 38.0. The van der Waals surface area contributed by atoms with Gasteiger partial charge < -0.3 is 30.6 Å². The van der Waals surface area contributed by atoms with Crippen LogP contribution in [0.1, 0.15) is 126 Å². The summed E-state index contributed by atoms with van der Waals surface area (Å²) in [6.45, 7) is 12.8. The second-order valence-electron chi connectivity index (χ2n) is 16.3. The van der Waals surface area contributed by atoms with Gasteiger partial charge in [-0.05, 0) is 163 Å². The summed E-state index contributed by atoms with van der Waals surface area (Å²) in [4.78, 5) is 0. The number of phenolic OH excluding ortho intramolecular Hbond substituents is 6. The Balaban J connectivity index is 0.000000205. The van der Waals surface area contributed by atoms with Crippen LogP contribution in [0.25, 0.3) is 33.4 Å². The van der Waals surface area contributed by atoms with Crippen LogP contribution < -0.4 is 0 Å². The van der Waals surface area contributed by atoms with E-state index in [-0.39, 0.29) is 28.7 Å². The Labute approximate surface area is 371 Å². The molecule has 0 amide bonds. The van der Waals surface area contributed by atoms with E-state index in [1.807, 2.05) is 72.8 Å².